The molecule has 0 aliphatic carbocycles. The van der Waals surface area contributed by atoms with Crippen LogP contribution >= 0.6 is 0 Å². The first-order valence-corrected chi connectivity index (χ1v) is 14.8. The summed E-state index contributed by atoms with van der Waals surface area (Å²) in [6.07, 6.45) is 1.31. The molecule has 3 N–H and O–H groups in total. The average molecular weight is 574 g/mol. The molecule has 3 aromatic carbocycles. The molecule has 0 radical (unpaired) electrons. The fourth-order valence-corrected chi connectivity index (χ4v) is 4.88. The number of alkyl carbamates (subject to hydrolysis) is 2. The van der Waals surface area contributed by atoms with Gasteiger partial charge in [-0.05, 0) is 77.6 Å². The fourth-order valence-electron chi connectivity index (χ4n) is 4.88. The lowest BCUT2D eigenvalue weighted by Crippen LogP contribution is -2.46. The quantitative estimate of drug-likeness (QED) is 0.158. The Bertz CT molecular complexity index is 1140. The van der Waals surface area contributed by atoms with Crippen LogP contribution in [-0.2, 0) is 15.0 Å². The number of benzene rings is 3. The van der Waals surface area contributed by atoms with Crippen molar-refractivity contribution in [3.05, 3.63) is 108 Å². The number of carbonyl (C=O) groups excluding carboxylic acids is 2. The van der Waals surface area contributed by atoms with Crippen molar-refractivity contribution in [1.29, 1.82) is 0 Å². The Balaban J connectivity index is 1.72. The summed E-state index contributed by atoms with van der Waals surface area (Å²) < 4.78 is 10.8. The molecule has 1 atom stereocenters. The van der Waals surface area contributed by atoms with Gasteiger partial charge in [0.25, 0.3) is 0 Å². The van der Waals surface area contributed by atoms with Gasteiger partial charge >= 0.3 is 12.2 Å². The molecule has 0 saturated carbocycles. The Morgan fingerprint density at radius 2 is 1.07 bits per heavy atom. The normalized spacial score (nSPS) is 12.7. The second-order valence-corrected chi connectivity index (χ2v) is 12.5. The predicted octanol–water partition coefficient (Wildman–Crippen LogP) is 7.16. The third-order valence-electron chi connectivity index (χ3n) is 6.60. The molecule has 0 aromatic heterocycles. The third-order valence-corrected chi connectivity index (χ3v) is 6.60. The van der Waals surface area contributed by atoms with Gasteiger partial charge in [-0.25, -0.2) is 9.59 Å². The number of ether oxygens (including phenoxy) is 2. The summed E-state index contributed by atoms with van der Waals surface area (Å²) in [6, 6.07) is 31.2. The van der Waals surface area contributed by atoms with Gasteiger partial charge in [0.1, 0.15) is 11.2 Å². The zero-order valence-corrected chi connectivity index (χ0v) is 25.9. The Kier molecular flexibility index (Phi) is 11.6. The van der Waals surface area contributed by atoms with Crippen molar-refractivity contribution in [2.75, 3.05) is 13.1 Å². The molecule has 1 unspecified atom stereocenters. The molecular weight excluding hydrogens is 526 g/mol. The molecule has 0 spiro atoms. The molecule has 0 aliphatic heterocycles. The first-order chi connectivity index (χ1) is 19.9. The van der Waals surface area contributed by atoms with Crippen molar-refractivity contribution in [1.82, 2.24) is 16.0 Å². The van der Waals surface area contributed by atoms with Crippen LogP contribution < -0.4 is 16.0 Å². The van der Waals surface area contributed by atoms with Gasteiger partial charge in [0, 0.05) is 12.6 Å². The first kappa shape index (κ1) is 32.7. The molecule has 7 nitrogen and oxygen atoms in total. The zero-order chi connectivity index (χ0) is 30.6. The van der Waals surface area contributed by atoms with Crippen molar-refractivity contribution in [2.45, 2.75) is 83.6 Å². The van der Waals surface area contributed by atoms with Crippen LogP contribution in [0.5, 0.6) is 0 Å². The molecule has 226 valence electrons. The fraction of sp³-hybridized carbons (Fsp3) is 0.429. The molecule has 0 bridgehead atoms. The van der Waals surface area contributed by atoms with Gasteiger partial charge < -0.3 is 20.1 Å². The van der Waals surface area contributed by atoms with E-state index in [-0.39, 0.29) is 12.6 Å². The number of hydrogen-bond acceptors (Lipinski definition) is 5. The van der Waals surface area contributed by atoms with E-state index >= 15 is 0 Å². The topological polar surface area (TPSA) is 88.7 Å². The molecule has 0 heterocycles. The Hall–Kier alpha value is -3.84. The van der Waals surface area contributed by atoms with E-state index in [1.54, 1.807) is 0 Å². The lowest BCUT2D eigenvalue weighted by atomic mass is 9.77. The smallest absolute Gasteiger partial charge is 0.407 e. The molecule has 0 saturated heterocycles. The van der Waals surface area contributed by atoms with Crippen LogP contribution in [-0.4, -0.2) is 42.5 Å². The van der Waals surface area contributed by atoms with Gasteiger partial charge in [-0.15, -0.1) is 0 Å². The van der Waals surface area contributed by atoms with E-state index < -0.39 is 28.9 Å². The number of nitrogens with one attached hydrogen (secondary N) is 3. The predicted molar refractivity (Wildman–Crippen MR) is 168 cm³/mol. The van der Waals surface area contributed by atoms with Crippen molar-refractivity contribution >= 4 is 12.2 Å². The van der Waals surface area contributed by atoms with E-state index in [1.807, 2.05) is 59.7 Å². The number of hydrogen-bond donors (Lipinski definition) is 3. The summed E-state index contributed by atoms with van der Waals surface area (Å²) in [5.41, 5.74) is 1.73. The molecule has 3 aromatic rings. The highest BCUT2D eigenvalue weighted by Crippen LogP contribution is 2.36. The summed E-state index contributed by atoms with van der Waals surface area (Å²) >= 11 is 0. The SMILES string of the molecule is CC(C)(C)OC(=O)NCC(CCCCNC(c1ccccc1)(c1ccccc1)c1ccccc1)NC(=O)OC(C)(C)C. The Labute approximate surface area is 251 Å². The maximum Gasteiger partial charge on any atom is 0.407 e. The minimum Gasteiger partial charge on any atom is -0.444 e. The highest BCUT2D eigenvalue weighted by molar-refractivity contribution is 5.69. The summed E-state index contributed by atoms with van der Waals surface area (Å²) in [5.74, 6) is 0. The third kappa shape index (κ3) is 10.2. The largest absolute Gasteiger partial charge is 0.444 e. The zero-order valence-electron chi connectivity index (χ0n) is 25.9. The van der Waals surface area contributed by atoms with E-state index in [1.165, 1.54) is 0 Å². The van der Waals surface area contributed by atoms with Crippen molar-refractivity contribution in [3.8, 4) is 0 Å². The number of carbonyl (C=O) groups is 2. The van der Waals surface area contributed by atoms with Crippen molar-refractivity contribution < 1.29 is 19.1 Å². The number of rotatable bonds is 12. The highest BCUT2D eigenvalue weighted by Gasteiger charge is 2.35. The number of unbranched alkanes of at least 4 members (excludes halogenated alkanes) is 1. The van der Waals surface area contributed by atoms with E-state index in [0.29, 0.717) is 6.42 Å². The van der Waals surface area contributed by atoms with E-state index in [0.717, 1.165) is 36.1 Å². The molecular formula is C35H47N3O4. The minimum absolute atomic E-state index is 0.240. The lowest BCUT2D eigenvalue weighted by Gasteiger charge is -2.37. The summed E-state index contributed by atoms with van der Waals surface area (Å²) in [5, 5.41) is 9.62. The maximum absolute atomic E-state index is 12.5. The molecule has 0 fully saturated rings. The molecule has 42 heavy (non-hydrogen) atoms. The highest BCUT2D eigenvalue weighted by atomic mass is 16.6. The monoisotopic (exact) mass is 573 g/mol. The van der Waals surface area contributed by atoms with E-state index in [2.05, 4.69) is 88.7 Å². The lowest BCUT2D eigenvalue weighted by molar-refractivity contribution is 0.0460. The van der Waals surface area contributed by atoms with E-state index in [4.69, 9.17) is 9.47 Å². The maximum atomic E-state index is 12.5. The Morgan fingerprint density at radius 3 is 1.50 bits per heavy atom. The molecule has 2 amide bonds. The standard InChI is InChI=1S/C35H47N3O4/c1-33(2,3)41-31(39)36-26-30(38-32(40)42-34(4,5)6)24-16-17-25-37-35(27-18-10-7-11-19-27,28-20-12-8-13-21-28)29-22-14-9-15-23-29/h7-15,18-23,30,37H,16-17,24-26H2,1-6H3,(H,36,39)(H,38,40). The van der Waals surface area contributed by atoms with E-state index in [9.17, 15) is 9.59 Å². The van der Waals surface area contributed by atoms with Crippen LogP contribution in [0.15, 0.2) is 91.0 Å². The summed E-state index contributed by atoms with van der Waals surface area (Å²) in [7, 11) is 0. The number of amides is 2. The molecule has 3 rings (SSSR count). The van der Waals surface area contributed by atoms with Crippen LogP contribution in [0.25, 0.3) is 0 Å². The van der Waals surface area contributed by atoms with Crippen molar-refractivity contribution in [3.63, 3.8) is 0 Å². The van der Waals surface area contributed by atoms with Crippen LogP contribution in [0.4, 0.5) is 9.59 Å². The van der Waals surface area contributed by atoms with Crippen LogP contribution in [0.1, 0.15) is 77.5 Å². The van der Waals surface area contributed by atoms with Crippen LogP contribution in [0, 0.1) is 0 Å². The summed E-state index contributed by atoms with van der Waals surface area (Å²) in [6.45, 7) is 11.9. The second kappa shape index (κ2) is 14.9. The van der Waals surface area contributed by atoms with Crippen molar-refractivity contribution in [2.24, 2.45) is 0 Å². The average Bonchev–Trinajstić information content (AvgIpc) is 2.93. The first-order valence-electron chi connectivity index (χ1n) is 14.8. The van der Waals surface area contributed by atoms with Gasteiger partial charge in [0.15, 0.2) is 0 Å². The van der Waals surface area contributed by atoms with Gasteiger partial charge in [0.2, 0.25) is 0 Å². The van der Waals surface area contributed by atoms with Gasteiger partial charge in [0.05, 0.1) is 5.54 Å². The Morgan fingerprint density at radius 1 is 0.643 bits per heavy atom. The van der Waals surface area contributed by atoms with Gasteiger partial charge in [-0.1, -0.05) is 97.4 Å². The minimum atomic E-state index is -0.618. The summed E-state index contributed by atoms with van der Waals surface area (Å²) in [4.78, 5) is 24.8. The van der Waals surface area contributed by atoms with Crippen LogP contribution in [0.3, 0.4) is 0 Å². The second-order valence-electron chi connectivity index (χ2n) is 12.5. The van der Waals surface area contributed by atoms with Crippen LogP contribution in [0.2, 0.25) is 0 Å². The van der Waals surface area contributed by atoms with Gasteiger partial charge in [-0.3, -0.25) is 5.32 Å². The van der Waals surface area contributed by atoms with Gasteiger partial charge in [-0.2, -0.15) is 0 Å². The molecule has 0 aliphatic rings. The molecule has 7 heteroatoms.